The van der Waals surface area contributed by atoms with Crippen molar-refractivity contribution in [3.8, 4) is 0 Å². The van der Waals surface area contributed by atoms with Crippen molar-refractivity contribution in [2.45, 2.75) is 9.79 Å². The second-order valence-corrected chi connectivity index (χ2v) is 8.82. The van der Waals surface area contributed by atoms with E-state index in [-0.39, 0.29) is 107 Å². The Hall–Kier alpha value is 1.15. The van der Waals surface area contributed by atoms with Gasteiger partial charge in [-0.3, -0.25) is 9.59 Å². The third-order valence-electron chi connectivity index (χ3n) is 3.77. The number of benzene rings is 2. The number of hydrogen-bond donors (Lipinski definition) is 1. The minimum absolute atomic E-state index is 0. The van der Waals surface area contributed by atoms with E-state index >= 15 is 0 Å². The van der Waals surface area contributed by atoms with Crippen LogP contribution in [0.1, 0.15) is 31.8 Å². The molecule has 136 valence electrons. The molecule has 2 aromatic rings. The number of nitrogens with two attached hydrogens (primary N) is 1. The summed E-state index contributed by atoms with van der Waals surface area (Å²) in [5.41, 5.74) is 2.88. The van der Waals surface area contributed by atoms with Gasteiger partial charge in [0.2, 0.25) is 0 Å². The number of carbonyl (C=O) groups is 2. The molecule has 0 unspecified atom stereocenters. The van der Waals surface area contributed by atoms with Gasteiger partial charge in [0.25, 0.3) is 0 Å². The van der Waals surface area contributed by atoms with E-state index in [0.29, 0.717) is 0 Å². The van der Waals surface area contributed by atoms with Gasteiger partial charge in [0.05, 0.1) is 32.2 Å². The summed E-state index contributed by atoms with van der Waals surface area (Å²) in [4.78, 5) is 23.7. The van der Waals surface area contributed by atoms with Crippen LogP contribution in [0.4, 0.5) is 5.69 Å². The standard InChI is InChI=1S/C14H8BrNO8S2.2K/c15-6-4-8(26(22,23)24)12(16)11-10(6)14(18)9-5(13(11)17)2-1-3-7(9)25(19,20)21;;/h1-4H,16H2,(H,19,20,21)(H,22,23,24);;/q;2*+1/p-2. The van der Waals surface area contributed by atoms with Gasteiger partial charge in [0.15, 0.2) is 11.6 Å². The zero-order chi connectivity index (χ0) is 19.6. The normalized spacial score (nSPS) is 13.1. The van der Waals surface area contributed by atoms with Crippen molar-refractivity contribution in [2.75, 3.05) is 5.73 Å². The molecular formula is C14H6BrK2NO8S2. The van der Waals surface area contributed by atoms with Crippen LogP contribution in [0.5, 0.6) is 0 Å². The van der Waals surface area contributed by atoms with E-state index in [4.69, 9.17) is 5.73 Å². The Morgan fingerprint density at radius 1 is 0.821 bits per heavy atom. The fourth-order valence-corrected chi connectivity index (χ4v) is 4.82. The van der Waals surface area contributed by atoms with Gasteiger partial charge in [-0.25, -0.2) is 16.8 Å². The fraction of sp³-hybridized carbons (Fsp3) is 0. The van der Waals surface area contributed by atoms with Crippen LogP contribution in [0.3, 0.4) is 0 Å². The van der Waals surface area contributed by atoms with E-state index in [0.717, 1.165) is 24.3 Å². The first-order valence-corrected chi connectivity index (χ1v) is 10.2. The van der Waals surface area contributed by atoms with Gasteiger partial charge < -0.3 is 14.8 Å². The van der Waals surface area contributed by atoms with Crippen LogP contribution < -0.4 is 109 Å². The van der Waals surface area contributed by atoms with Gasteiger partial charge in [-0.05, 0) is 28.1 Å². The van der Waals surface area contributed by atoms with Crippen LogP contribution in [0.25, 0.3) is 0 Å². The molecule has 0 radical (unpaired) electrons. The Labute approximate surface area is 253 Å². The monoisotopic (exact) mass is 537 g/mol. The zero-order valence-electron chi connectivity index (χ0n) is 14.3. The molecule has 0 spiro atoms. The second-order valence-electron chi connectivity index (χ2n) is 5.27. The number of rotatable bonds is 2. The number of ketones is 2. The first-order chi connectivity index (χ1) is 11.9. The van der Waals surface area contributed by atoms with Crippen molar-refractivity contribution in [3.63, 3.8) is 0 Å². The number of carbonyl (C=O) groups excluding carboxylic acids is 2. The summed E-state index contributed by atoms with van der Waals surface area (Å²) in [5, 5.41) is 0. The van der Waals surface area contributed by atoms with Crippen LogP contribution in [0.15, 0.2) is 38.5 Å². The minimum Gasteiger partial charge on any atom is -0.744 e. The van der Waals surface area contributed by atoms with E-state index in [1.807, 2.05) is 0 Å². The number of fused-ring (bicyclic) bond motifs is 2. The van der Waals surface area contributed by atoms with Crippen molar-refractivity contribution in [2.24, 2.45) is 0 Å². The van der Waals surface area contributed by atoms with Gasteiger partial charge in [0.1, 0.15) is 20.2 Å². The molecular weight excluding hydrogens is 532 g/mol. The van der Waals surface area contributed by atoms with Gasteiger partial charge in [-0.2, -0.15) is 0 Å². The quantitative estimate of drug-likeness (QED) is 0.190. The topological polar surface area (TPSA) is 175 Å². The van der Waals surface area contributed by atoms with Crippen LogP contribution in [-0.2, 0) is 20.2 Å². The molecule has 0 amide bonds. The van der Waals surface area contributed by atoms with Crippen LogP contribution in [0.2, 0.25) is 0 Å². The maximum atomic E-state index is 12.8. The summed E-state index contributed by atoms with van der Waals surface area (Å²) in [6.07, 6.45) is 0. The summed E-state index contributed by atoms with van der Waals surface area (Å²) in [5.74, 6) is -2.00. The Balaban J connectivity index is 0.00000196. The van der Waals surface area contributed by atoms with Gasteiger partial charge in [-0.1, -0.05) is 12.1 Å². The molecule has 28 heavy (non-hydrogen) atoms. The Bertz CT molecular complexity index is 1240. The van der Waals surface area contributed by atoms with E-state index in [9.17, 15) is 35.5 Å². The van der Waals surface area contributed by atoms with E-state index in [2.05, 4.69) is 15.9 Å². The van der Waals surface area contributed by atoms with Crippen molar-refractivity contribution in [1.82, 2.24) is 0 Å². The van der Waals surface area contributed by atoms with Crippen molar-refractivity contribution < 1.29 is 138 Å². The number of halogens is 1. The minimum atomic E-state index is -5.07. The number of nitrogen functional groups attached to an aromatic ring is 1. The molecule has 0 atom stereocenters. The first kappa shape index (κ1) is 27.2. The average molecular weight is 538 g/mol. The Morgan fingerprint density at radius 3 is 1.86 bits per heavy atom. The average Bonchev–Trinajstić information content (AvgIpc) is 2.51. The largest absolute Gasteiger partial charge is 1.00 e. The molecule has 2 N–H and O–H groups in total. The van der Waals surface area contributed by atoms with Gasteiger partial charge in [-0.15, -0.1) is 0 Å². The second kappa shape index (κ2) is 9.34. The van der Waals surface area contributed by atoms with Crippen molar-refractivity contribution in [1.29, 1.82) is 0 Å². The molecule has 0 aromatic heterocycles. The Morgan fingerprint density at radius 2 is 1.36 bits per heavy atom. The smallest absolute Gasteiger partial charge is 0.744 e. The molecule has 0 bridgehead atoms. The fourth-order valence-electron chi connectivity index (χ4n) is 2.73. The van der Waals surface area contributed by atoms with Crippen LogP contribution in [0, 0.1) is 0 Å². The van der Waals surface area contributed by atoms with Crippen LogP contribution >= 0.6 is 15.9 Å². The van der Waals surface area contributed by atoms with Crippen molar-refractivity contribution >= 4 is 53.4 Å². The Kier molecular flexibility index (Phi) is 9.06. The summed E-state index contributed by atoms with van der Waals surface area (Å²) < 4.78 is 68.1. The molecule has 1 aliphatic rings. The molecule has 0 fully saturated rings. The third-order valence-corrected chi connectivity index (χ3v) is 6.15. The number of anilines is 1. The van der Waals surface area contributed by atoms with Gasteiger partial charge >= 0.3 is 103 Å². The van der Waals surface area contributed by atoms with Crippen LogP contribution in [-0.4, -0.2) is 37.5 Å². The molecule has 0 saturated heterocycles. The molecule has 1 aliphatic carbocycles. The maximum Gasteiger partial charge on any atom is 1.00 e. The van der Waals surface area contributed by atoms with Crippen molar-refractivity contribution in [3.05, 3.63) is 51.0 Å². The summed E-state index contributed by atoms with van der Waals surface area (Å²) in [6, 6.07) is 3.81. The van der Waals surface area contributed by atoms with E-state index in [1.165, 1.54) is 0 Å². The van der Waals surface area contributed by atoms with E-state index < -0.39 is 69.5 Å². The predicted octanol–water partition coefficient (Wildman–Crippen LogP) is -5.38. The summed E-state index contributed by atoms with van der Waals surface area (Å²) >= 11 is 2.89. The first-order valence-electron chi connectivity index (χ1n) is 6.62. The molecule has 0 aliphatic heterocycles. The summed E-state index contributed by atoms with van der Waals surface area (Å²) in [6.45, 7) is 0. The molecule has 2 aromatic carbocycles. The molecule has 0 saturated carbocycles. The van der Waals surface area contributed by atoms with E-state index in [1.54, 1.807) is 0 Å². The third kappa shape index (κ3) is 4.66. The zero-order valence-corrected chi connectivity index (χ0v) is 23.8. The summed E-state index contributed by atoms with van der Waals surface area (Å²) in [7, 11) is -10.1. The SMILES string of the molecule is Nc1c(S(=O)(=O)[O-])cc(Br)c2c1C(=O)c1cccc(S(=O)(=O)[O-])c1C2=O.[K+].[K+]. The maximum absolute atomic E-state index is 12.8. The molecule has 9 nitrogen and oxygen atoms in total. The number of hydrogen-bond acceptors (Lipinski definition) is 9. The van der Waals surface area contributed by atoms with Gasteiger partial charge in [0, 0.05) is 10.0 Å². The molecule has 3 rings (SSSR count). The molecule has 14 heteroatoms. The predicted molar refractivity (Wildman–Crippen MR) is 87.8 cm³/mol. The molecule has 0 heterocycles.